The number of fused-ring (bicyclic) bond motifs is 1. The number of rotatable bonds is 2. The largest absolute Gasteiger partial charge is 0.313 e. The first-order valence-electron chi connectivity index (χ1n) is 7.91. The van der Waals surface area contributed by atoms with Gasteiger partial charge in [-0.05, 0) is 57.5 Å². The molecule has 2 saturated heterocycles. The standard InChI is InChI=1S/C15H28N2/c1-2-8-14(16-10-3-1)12-17-11-5-7-13-6-4-9-15(13)17/h13-16H,1-12H2. The lowest BCUT2D eigenvalue weighted by Gasteiger charge is -2.39. The van der Waals surface area contributed by atoms with Crippen molar-refractivity contribution >= 4 is 0 Å². The van der Waals surface area contributed by atoms with Crippen molar-refractivity contribution in [3.63, 3.8) is 0 Å². The van der Waals surface area contributed by atoms with Crippen LogP contribution in [0.4, 0.5) is 0 Å². The second-order valence-corrected chi connectivity index (χ2v) is 6.40. The molecule has 2 heterocycles. The van der Waals surface area contributed by atoms with E-state index < -0.39 is 0 Å². The third-order valence-corrected chi connectivity index (χ3v) is 5.23. The van der Waals surface area contributed by atoms with E-state index in [-0.39, 0.29) is 0 Å². The van der Waals surface area contributed by atoms with Crippen LogP contribution in [0.3, 0.4) is 0 Å². The first-order chi connectivity index (χ1) is 8.43. The van der Waals surface area contributed by atoms with Gasteiger partial charge in [-0.3, -0.25) is 4.90 Å². The van der Waals surface area contributed by atoms with Gasteiger partial charge < -0.3 is 5.32 Å². The molecule has 0 aromatic heterocycles. The molecule has 3 rings (SSSR count). The highest BCUT2D eigenvalue weighted by Crippen LogP contribution is 2.36. The van der Waals surface area contributed by atoms with Gasteiger partial charge in [0.25, 0.3) is 0 Å². The SMILES string of the molecule is C1CCNC(CN2CCCC3CCCC32)CC1. The number of hydrogen-bond donors (Lipinski definition) is 1. The Labute approximate surface area is 106 Å². The Morgan fingerprint density at radius 3 is 2.82 bits per heavy atom. The predicted octanol–water partition coefficient (Wildman–Crippen LogP) is 2.78. The number of hydrogen-bond acceptors (Lipinski definition) is 2. The summed E-state index contributed by atoms with van der Waals surface area (Å²) in [5, 5.41) is 3.77. The minimum Gasteiger partial charge on any atom is -0.313 e. The Balaban J connectivity index is 1.55. The van der Waals surface area contributed by atoms with Crippen LogP contribution >= 0.6 is 0 Å². The van der Waals surface area contributed by atoms with E-state index >= 15 is 0 Å². The normalized spacial score (nSPS) is 39.9. The zero-order valence-corrected chi connectivity index (χ0v) is 11.2. The van der Waals surface area contributed by atoms with Crippen LogP contribution in [0.25, 0.3) is 0 Å². The lowest BCUT2D eigenvalue weighted by Crippen LogP contribution is -2.49. The first-order valence-corrected chi connectivity index (χ1v) is 7.91. The molecule has 0 aromatic carbocycles. The van der Waals surface area contributed by atoms with Gasteiger partial charge in [-0.2, -0.15) is 0 Å². The molecule has 0 radical (unpaired) electrons. The Hall–Kier alpha value is -0.0800. The third-order valence-electron chi connectivity index (χ3n) is 5.23. The average Bonchev–Trinajstić information content (AvgIpc) is 2.69. The van der Waals surface area contributed by atoms with E-state index in [0.29, 0.717) is 0 Å². The molecule has 1 aliphatic carbocycles. The summed E-state index contributed by atoms with van der Waals surface area (Å²) in [7, 11) is 0. The molecule has 3 atom stereocenters. The van der Waals surface area contributed by atoms with Crippen molar-refractivity contribution in [2.75, 3.05) is 19.6 Å². The molecule has 0 bridgehead atoms. The van der Waals surface area contributed by atoms with E-state index in [1.165, 1.54) is 77.4 Å². The van der Waals surface area contributed by atoms with Crippen LogP contribution in [0, 0.1) is 5.92 Å². The van der Waals surface area contributed by atoms with Gasteiger partial charge in [0, 0.05) is 18.6 Å². The fourth-order valence-corrected chi connectivity index (χ4v) is 4.32. The van der Waals surface area contributed by atoms with Crippen LogP contribution in [-0.4, -0.2) is 36.6 Å². The highest BCUT2D eigenvalue weighted by molar-refractivity contribution is 4.90. The summed E-state index contributed by atoms with van der Waals surface area (Å²) in [5.41, 5.74) is 0. The molecule has 0 amide bonds. The first kappa shape index (κ1) is 12.0. The van der Waals surface area contributed by atoms with Crippen molar-refractivity contribution in [3.8, 4) is 0 Å². The number of piperidine rings is 1. The Kier molecular flexibility index (Phi) is 4.02. The summed E-state index contributed by atoms with van der Waals surface area (Å²) in [4.78, 5) is 2.84. The van der Waals surface area contributed by atoms with Crippen molar-refractivity contribution in [1.29, 1.82) is 0 Å². The lowest BCUT2D eigenvalue weighted by molar-refractivity contribution is 0.100. The topological polar surface area (TPSA) is 15.3 Å². The molecule has 17 heavy (non-hydrogen) atoms. The summed E-state index contributed by atoms with van der Waals surface area (Å²) in [6.45, 7) is 3.97. The van der Waals surface area contributed by atoms with Crippen molar-refractivity contribution in [2.45, 2.75) is 69.9 Å². The lowest BCUT2D eigenvalue weighted by atomic mass is 9.91. The van der Waals surface area contributed by atoms with Crippen LogP contribution in [0.15, 0.2) is 0 Å². The average molecular weight is 236 g/mol. The summed E-state index contributed by atoms with van der Waals surface area (Å²) in [5.74, 6) is 1.05. The Bertz CT molecular complexity index is 233. The summed E-state index contributed by atoms with van der Waals surface area (Å²) in [6, 6.07) is 1.74. The molecule has 3 unspecified atom stereocenters. The van der Waals surface area contributed by atoms with Crippen LogP contribution in [-0.2, 0) is 0 Å². The Morgan fingerprint density at radius 2 is 1.82 bits per heavy atom. The molecule has 2 aliphatic heterocycles. The second kappa shape index (κ2) is 5.71. The molecular weight excluding hydrogens is 208 g/mol. The van der Waals surface area contributed by atoms with Crippen molar-refractivity contribution in [2.24, 2.45) is 5.92 Å². The Morgan fingerprint density at radius 1 is 0.882 bits per heavy atom. The van der Waals surface area contributed by atoms with Gasteiger partial charge in [0.15, 0.2) is 0 Å². The van der Waals surface area contributed by atoms with Crippen molar-refractivity contribution in [3.05, 3.63) is 0 Å². The van der Waals surface area contributed by atoms with Gasteiger partial charge in [0.2, 0.25) is 0 Å². The summed E-state index contributed by atoms with van der Waals surface area (Å²) < 4.78 is 0. The third kappa shape index (κ3) is 2.85. The monoisotopic (exact) mass is 236 g/mol. The number of nitrogens with zero attached hydrogens (tertiary/aromatic N) is 1. The molecule has 3 aliphatic rings. The zero-order chi connectivity index (χ0) is 11.5. The molecule has 1 N–H and O–H groups in total. The number of nitrogens with one attached hydrogen (secondary N) is 1. The van der Waals surface area contributed by atoms with E-state index in [1.807, 2.05) is 0 Å². The van der Waals surface area contributed by atoms with Gasteiger partial charge in [-0.15, -0.1) is 0 Å². The minimum absolute atomic E-state index is 0.789. The molecule has 2 nitrogen and oxygen atoms in total. The molecule has 0 aromatic rings. The van der Waals surface area contributed by atoms with E-state index in [4.69, 9.17) is 0 Å². The summed E-state index contributed by atoms with van der Waals surface area (Å²) in [6.07, 6.45) is 13.1. The quantitative estimate of drug-likeness (QED) is 0.793. The van der Waals surface area contributed by atoms with E-state index in [0.717, 1.165) is 18.0 Å². The second-order valence-electron chi connectivity index (χ2n) is 6.40. The molecule has 1 saturated carbocycles. The number of likely N-dealkylation sites (tertiary alicyclic amines) is 1. The van der Waals surface area contributed by atoms with Crippen LogP contribution in [0.2, 0.25) is 0 Å². The fraction of sp³-hybridized carbons (Fsp3) is 1.00. The van der Waals surface area contributed by atoms with Crippen LogP contribution in [0.1, 0.15) is 57.8 Å². The summed E-state index contributed by atoms with van der Waals surface area (Å²) >= 11 is 0. The van der Waals surface area contributed by atoms with Gasteiger partial charge in [0.05, 0.1) is 0 Å². The maximum Gasteiger partial charge on any atom is 0.0195 e. The smallest absolute Gasteiger partial charge is 0.0195 e. The fourth-order valence-electron chi connectivity index (χ4n) is 4.32. The highest BCUT2D eigenvalue weighted by atomic mass is 15.2. The highest BCUT2D eigenvalue weighted by Gasteiger charge is 2.35. The zero-order valence-electron chi connectivity index (χ0n) is 11.2. The van der Waals surface area contributed by atoms with Gasteiger partial charge >= 0.3 is 0 Å². The van der Waals surface area contributed by atoms with Gasteiger partial charge in [-0.25, -0.2) is 0 Å². The van der Waals surface area contributed by atoms with E-state index in [2.05, 4.69) is 10.2 Å². The predicted molar refractivity (Wildman–Crippen MR) is 72.2 cm³/mol. The molecule has 2 heteroatoms. The molecule has 98 valence electrons. The van der Waals surface area contributed by atoms with Crippen molar-refractivity contribution in [1.82, 2.24) is 10.2 Å². The van der Waals surface area contributed by atoms with Gasteiger partial charge in [-0.1, -0.05) is 19.3 Å². The van der Waals surface area contributed by atoms with Gasteiger partial charge in [0.1, 0.15) is 0 Å². The van der Waals surface area contributed by atoms with Crippen LogP contribution < -0.4 is 5.32 Å². The minimum atomic E-state index is 0.789. The molecule has 0 spiro atoms. The maximum atomic E-state index is 3.77. The van der Waals surface area contributed by atoms with Crippen LogP contribution in [0.5, 0.6) is 0 Å². The molecule has 3 fully saturated rings. The molecular formula is C15H28N2. The van der Waals surface area contributed by atoms with Crippen molar-refractivity contribution < 1.29 is 0 Å². The van der Waals surface area contributed by atoms with E-state index in [9.17, 15) is 0 Å². The van der Waals surface area contributed by atoms with E-state index in [1.54, 1.807) is 0 Å². The maximum absolute atomic E-state index is 3.77.